The van der Waals surface area contributed by atoms with E-state index in [2.05, 4.69) is 4.98 Å². The van der Waals surface area contributed by atoms with Crippen molar-refractivity contribution < 1.29 is 8.78 Å². The Labute approximate surface area is 100 Å². The molecule has 0 radical (unpaired) electrons. The molecule has 0 aliphatic heterocycles. The highest BCUT2D eigenvalue weighted by Crippen LogP contribution is 2.40. The molecule has 2 rings (SSSR count). The topological polar surface area (TPSA) is 38.9 Å². The highest BCUT2D eigenvalue weighted by Gasteiger charge is 2.41. The molecule has 1 heterocycles. The third-order valence-corrected chi connectivity index (χ3v) is 3.46. The average molecular weight is 240 g/mol. The van der Waals surface area contributed by atoms with Crippen molar-refractivity contribution in [3.8, 4) is 0 Å². The zero-order valence-corrected chi connectivity index (χ0v) is 10.00. The molecule has 1 saturated carbocycles. The van der Waals surface area contributed by atoms with E-state index in [1.54, 1.807) is 6.20 Å². The van der Waals surface area contributed by atoms with Crippen molar-refractivity contribution in [2.45, 2.75) is 44.6 Å². The molecule has 0 saturated heterocycles. The normalized spacial score (nSPS) is 24.8. The maximum Gasteiger partial charge on any atom is 0.248 e. The van der Waals surface area contributed by atoms with Gasteiger partial charge in [0.25, 0.3) is 0 Å². The van der Waals surface area contributed by atoms with E-state index in [0.717, 1.165) is 11.3 Å². The van der Waals surface area contributed by atoms with Crippen LogP contribution in [0.4, 0.5) is 8.78 Å². The molecule has 0 spiro atoms. The second kappa shape index (κ2) is 4.69. The maximum atomic E-state index is 13.1. The van der Waals surface area contributed by atoms with Crippen LogP contribution in [0.2, 0.25) is 0 Å². The molecular weight excluding hydrogens is 222 g/mol. The van der Waals surface area contributed by atoms with Gasteiger partial charge in [0.2, 0.25) is 5.92 Å². The molecule has 0 aromatic carbocycles. The van der Waals surface area contributed by atoms with Crippen molar-refractivity contribution in [2.24, 2.45) is 11.7 Å². The number of hydrogen-bond donors (Lipinski definition) is 1. The zero-order chi connectivity index (χ0) is 12.5. The van der Waals surface area contributed by atoms with Gasteiger partial charge in [-0.25, -0.2) is 8.78 Å². The molecular formula is C13H18F2N2. The first kappa shape index (κ1) is 12.4. The fourth-order valence-electron chi connectivity index (χ4n) is 2.38. The molecule has 2 unspecified atom stereocenters. The summed E-state index contributed by atoms with van der Waals surface area (Å²) >= 11 is 0. The van der Waals surface area contributed by atoms with Crippen molar-refractivity contribution in [2.75, 3.05) is 0 Å². The second-order valence-electron chi connectivity index (χ2n) is 5.05. The van der Waals surface area contributed by atoms with E-state index in [-0.39, 0.29) is 24.8 Å². The number of nitrogens with zero attached hydrogens (tertiary/aromatic N) is 1. The van der Waals surface area contributed by atoms with Gasteiger partial charge in [-0.15, -0.1) is 0 Å². The highest BCUT2D eigenvalue weighted by molar-refractivity contribution is 5.13. The first-order chi connectivity index (χ1) is 7.96. The van der Waals surface area contributed by atoms with Crippen molar-refractivity contribution >= 4 is 0 Å². The predicted octanol–water partition coefficient (Wildman–Crippen LogP) is 2.70. The average Bonchev–Trinajstić information content (AvgIpc) is 2.62. The number of hydrogen-bond acceptors (Lipinski definition) is 2. The van der Waals surface area contributed by atoms with Gasteiger partial charge >= 0.3 is 0 Å². The molecule has 2 N–H and O–H groups in total. The minimum atomic E-state index is -2.51. The van der Waals surface area contributed by atoms with Gasteiger partial charge in [-0.2, -0.15) is 0 Å². The summed E-state index contributed by atoms with van der Waals surface area (Å²) in [6.07, 6.45) is 2.80. The van der Waals surface area contributed by atoms with Crippen molar-refractivity contribution in [3.63, 3.8) is 0 Å². The third kappa shape index (κ3) is 3.22. The maximum absolute atomic E-state index is 13.1. The van der Waals surface area contributed by atoms with E-state index < -0.39 is 5.92 Å². The first-order valence-corrected chi connectivity index (χ1v) is 6.01. The van der Waals surface area contributed by atoms with Crippen LogP contribution in [-0.4, -0.2) is 16.9 Å². The van der Waals surface area contributed by atoms with Crippen LogP contribution in [0.15, 0.2) is 18.3 Å². The molecule has 1 aromatic heterocycles. The van der Waals surface area contributed by atoms with Gasteiger partial charge in [0.15, 0.2) is 0 Å². The SMILES string of the molecule is Cc1ccc(CC(N)C2CCC(F)(F)C2)nc1. The summed E-state index contributed by atoms with van der Waals surface area (Å²) < 4.78 is 26.2. The number of pyridine rings is 1. The summed E-state index contributed by atoms with van der Waals surface area (Å²) in [7, 11) is 0. The lowest BCUT2D eigenvalue weighted by molar-refractivity contribution is 0.00392. The van der Waals surface area contributed by atoms with E-state index in [1.807, 2.05) is 19.1 Å². The summed E-state index contributed by atoms with van der Waals surface area (Å²) in [5, 5.41) is 0. The number of nitrogens with two attached hydrogens (primary N) is 1. The molecule has 0 bridgehead atoms. The number of aromatic nitrogens is 1. The van der Waals surface area contributed by atoms with Crippen LogP contribution >= 0.6 is 0 Å². The van der Waals surface area contributed by atoms with Crippen LogP contribution in [0.25, 0.3) is 0 Å². The van der Waals surface area contributed by atoms with E-state index in [9.17, 15) is 8.78 Å². The molecule has 17 heavy (non-hydrogen) atoms. The number of halogens is 2. The summed E-state index contributed by atoms with van der Waals surface area (Å²) in [5.74, 6) is -2.59. The molecule has 94 valence electrons. The van der Waals surface area contributed by atoms with Gasteiger partial charge in [-0.3, -0.25) is 4.98 Å². The van der Waals surface area contributed by atoms with Crippen LogP contribution in [-0.2, 0) is 6.42 Å². The Morgan fingerprint density at radius 1 is 1.53 bits per heavy atom. The Hall–Kier alpha value is -1.03. The monoisotopic (exact) mass is 240 g/mol. The van der Waals surface area contributed by atoms with Crippen LogP contribution in [0.1, 0.15) is 30.5 Å². The lowest BCUT2D eigenvalue weighted by Gasteiger charge is -2.18. The molecule has 0 amide bonds. The predicted molar refractivity (Wildman–Crippen MR) is 62.9 cm³/mol. The van der Waals surface area contributed by atoms with Crippen LogP contribution < -0.4 is 5.73 Å². The first-order valence-electron chi connectivity index (χ1n) is 6.01. The van der Waals surface area contributed by atoms with Gasteiger partial charge in [-0.1, -0.05) is 6.07 Å². The Balaban J connectivity index is 1.93. The minimum absolute atomic E-state index is 0.0211. The lowest BCUT2D eigenvalue weighted by Crippen LogP contribution is -2.32. The van der Waals surface area contributed by atoms with Gasteiger partial charge in [0.1, 0.15) is 0 Å². The Kier molecular flexibility index (Phi) is 3.43. The standard InChI is InChI=1S/C13H18F2N2/c1-9-2-3-11(17-8-9)6-12(16)10-4-5-13(14,15)7-10/h2-3,8,10,12H,4-7,16H2,1H3. The lowest BCUT2D eigenvalue weighted by atomic mass is 9.94. The van der Waals surface area contributed by atoms with Gasteiger partial charge in [-0.05, 0) is 30.9 Å². The molecule has 2 atom stereocenters. The molecule has 1 aromatic rings. The molecule has 2 nitrogen and oxygen atoms in total. The van der Waals surface area contributed by atoms with Crippen LogP contribution in [0.5, 0.6) is 0 Å². The van der Waals surface area contributed by atoms with E-state index >= 15 is 0 Å². The Bertz CT molecular complexity index is 376. The third-order valence-electron chi connectivity index (χ3n) is 3.46. The highest BCUT2D eigenvalue weighted by atomic mass is 19.3. The summed E-state index contributed by atoms with van der Waals surface area (Å²) in [4.78, 5) is 4.26. The Morgan fingerprint density at radius 2 is 2.29 bits per heavy atom. The van der Waals surface area contributed by atoms with Crippen molar-refractivity contribution in [1.82, 2.24) is 4.98 Å². The van der Waals surface area contributed by atoms with Gasteiger partial charge in [0.05, 0.1) is 0 Å². The largest absolute Gasteiger partial charge is 0.327 e. The molecule has 1 aliphatic carbocycles. The Morgan fingerprint density at radius 3 is 2.82 bits per heavy atom. The van der Waals surface area contributed by atoms with Crippen LogP contribution in [0, 0.1) is 12.8 Å². The number of rotatable bonds is 3. The van der Waals surface area contributed by atoms with Gasteiger partial charge in [0, 0.05) is 37.2 Å². The number of aryl methyl sites for hydroxylation is 1. The molecule has 4 heteroatoms. The summed E-state index contributed by atoms with van der Waals surface area (Å²) in [6.45, 7) is 1.97. The van der Waals surface area contributed by atoms with Crippen LogP contribution in [0.3, 0.4) is 0 Å². The van der Waals surface area contributed by atoms with Gasteiger partial charge < -0.3 is 5.73 Å². The number of alkyl halides is 2. The molecule has 1 aliphatic rings. The van der Waals surface area contributed by atoms with E-state index in [0.29, 0.717) is 12.8 Å². The van der Waals surface area contributed by atoms with Crippen molar-refractivity contribution in [3.05, 3.63) is 29.6 Å². The zero-order valence-electron chi connectivity index (χ0n) is 10.00. The summed E-state index contributed by atoms with van der Waals surface area (Å²) in [5.41, 5.74) is 7.98. The smallest absolute Gasteiger partial charge is 0.248 e. The van der Waals surface area contributed by atoms with Crippen molar-refractivity contribution in [1.29, 1.82) is 0 Å². The second-order valence-corrected chi connectivity index (χ2v) is 5.05. The van der Waals surface area contributed by atoms with E-state index in [1.165, 1.54) is 0 Å². The fraction of sp³-hybridized carbons (Fsp3) is 0.615. The minimum Gasteiger partial charge on any atom is -0.327 e. The fourth-order valence-corrected chi connectivity index (χ4v) is 2.38. The van der Waals surface area contributed by atoms with E-state index in [4.69, 9.17) is 5.73 Å². The summed E-state index contributed by atoms with van der Waals surface area (Å²) in [6, 6.07) is 3.68. The quantitative estimate of drug-likeness (QED) is 0.882. The molecule has 1 fully saturated rings.